The van der Waals surface area contributed by atoms with Crippen LogP contribution in [0.1, 0.15) is 31.9 Å². The van der Waals surface area contributed by atoms with E-state index < -0.39 is 24.2 Å². The van der Waals surface area contributed by atoms with Gasteiger partial charge in [0, 0.05) is 12.2 Å². The molecule has 0 unspecified atom stereocenters. The van der Waals surface area contributed by atoms with Crippen LogP contribution in [0.5, 0.6) is 0 Å². The van der Waals surface area contributed by atoms with E-state index in [0.717, 1.165) is 4.90 Å². The molecule has 0 spiro atoms. The number of rotatable bonds is 0. The van der Waals surface area contributed by atoms with Crippen molar-refractivity contribution in [3.63, 3.8) is 0 Å². The van der Waals surface area contributed by atoms with Gasteiger partial charge in [0.25, 0.3) is 5.92 Å². The molecule has 6 heteroatoms. The predicted molar refractivity (Wildman–Crippen MR) is 71.4 cm³/mol. The summed E-state index contributed by atoms with van der Waals surface area (Å²) in [5.74, 6) is -3.17. The number of alkyl halides is 2. The molecule has 0 saturated carbocycles. The first-order valence-electron chi connectivity index (χ1n) is 6.34. The highest BCUT2D eigenvalue weighted by Gasteiger charge is 2.44. The Morgan fingerprint density at radius 2 is 2.05 bits per heavy atom. The van der Waals surface area contributed by atoms with Crippen LogP contribution in [0, 0.1) is 0 Å². The van der Waals surface area contributed by atoms with Crippen molar-refractivity contribution in [1.29, 1.82) is 0 Å². The molecule has 0 fully saturated rings. The second-order valence-electron chi connectivity index (χ2n) is 5.92. The van der Waals surface area contributed by atoms with Gasteiger partial charge in [0.1, 0.15) is 5.60 Å². The third-order valence-corrected chi connectivity index (χ3v) is 2.95. The van der Waals surface area contributed by atoms with E-state index in [1.165, 1.54) is 6.07 Å². The van der Waals surface area contributed by atoms with Crippen LogP contribution in [-0.2, 0) is 17.2 Å². The minimum Gasteiger partial charge on any atom is -0.444 e. The number of nitrogens with zero attached hydrogens (tertiary/aromatic N) is 1. The van der Waals surface area contributed by atoms with Crippen molar-refractivity contribution in [2.45, 2.75) is 38.8 Å². The van der Waals surface area contributed by atoms with Gasteiger partial charge < -0.3 is 10.5 Å². The molecule has 1 aliphatic heterocycles. The lowest BCUT2D eigenvalue weighted by molar-refractivity contribution is -0.0585. The maximum Gasteiger partial charge on any atom is 0.410 e. The number of carbonyl (C=O) groups excluding carboxylic acids is 1. The molecule has 0 bridgehead atoms. The fraction of sp³-hybridized carbons (Fsp3) is 0.500. The Kier molecular flexibility index (Phi) is 3.36. The van der Waals surface area contributed by atoms with Gasteiger partial charge in [-0.05, 0) is 32.4 Å². The fourth-order valence-corrected chi connectivity index (χ4v) is 2.23. The normalized spacial score (nSPS) is 17.6. The van der Waals surface area contributed by atoms with Crippen LogP contribution < -0.4 is 5.73 Å². The molecule has 0 aliphatic carbocycles. The highest BCUT2D eigenvalue weighted by atomic mass is 19.3. The number of nitrogen functional groups attached to an aromatic ring is 1. The number of halogens is 2. The van der Waals surface area contributed by atoms with E-state index in [1.54, 1.807) is 32.9 Å². The third-order valence-electron chi connectivity index (χ3n) is 2.95. The lowest BCUT2D eigenvalue weighted by atomic mass is 9.95. The Labute approximate surface area is 116 Å². The van der Waals surface area contributed by atoms with E-state index in [4.69, 9.17) is 10.5 Å². The number of hydrogen-bond donors (Lipinski definition) is 1. The highest BCUT2D eigenvalue weighted by Crippen LogP contribution is 2.40. The van der Waals surface area contributed by atoms with Crippen LogP contribution >= 0.6 is 0 Å². The molecule has 1 aromatic carbocycles. The Hall–Kier alpha value is -1.85. The monoisotopic (exact) mass is 284 g/mol. The molecule has 2 rings (SSSR count). The van der Waals surface area contributed by atoms with Crippen LogP contribution in [0.2, 0.25) is 0 Å². The molecule has 1 aromatic rings. The maximum absolute atomic E-state index is 14.2. The first kappa shape index (κ1) is 14.6. The maximum atomic E-state index is 14.2. The molecule has 0 saturated heterocycles. The number of anilines is 1. The van der Waals surface area contributed by atoms with E-state index in [0.29, 0.717) is 5.56 Å². The van der Waals surface area contributed by atoms with Gasteiger partial charge >= 0.3 is 6.09 Å². The van der Waals surface area contributed by atoms with Crippen molar-refractivity contribution >= 4 is 11.8 Å². The average molecular weight is 284 g/mol. The van der Waals surface area contributed by atoms with Gasteiger partial charge in [-0.25, -0.2) is 4.79 Å². The van der Waals surface area contributed by atoms with Gasteiger partial charge in [0.05, 0.1) is 12.1 Å². The minimum absolute atomic E-state index is 0.0522. The lowest BCUT2D eigenvalue weighted by Crippen LogP contribution is -2.46. The predicted octanol–water partition coefficient (Wildman–Crippen LogP) is 3.11. The number of hydrogen-bond acceptors (Lipinski definition) is 3. The summed E-state index contributed by atoms with van der Waals surface area (Å²) in [6.07, 6.45) is -0.745. The molecule has 1 amide bonds. The van der Waals surface area contributed by atoms with Crippen molar-refractivity contribution in [2.75, 3.05) is 12.3 Å². The summed E-state index contributed by atoms with van der Waals surface area (Å²) in [7, 11) is 0. The molecule has 20 heavy (non-hydrogen) atoms. The number of benzene rings is 1. The zero-order valence-electron chi connectivity index (χ0n) is 11.7. The summed E-state index contributed by atoms with van der Waals surface area (Å²) in [5.41, 5.74) is 5.13. The van der Waals surface area contributed by atoms with Crippen molar-refractivity contribution in [3.8, 4) is 0 Å². The van der Waals surface area contributed by atoms with Crippen molar-refractivity contribution in [1.82, 2.24) is 4.90 Å². The second kappa shape index (κ2) is 4.61. The summed E-state index contributed by atoms with van der Waals surface area (Å²) in [6, 6.07) is 4.59. The Morgan fingerprint density at radius 1 is 1.40 bits per heavy atom. The second-order valence-corrected chi connectivity index (χ2v) is 5.92. The number of ether oxygens (including phenoxy) is 1. The summed E-state index contributed by atoms with van der Waals surface area (Å²) in [6.45, 7) is 4.44. The molecule has 0 radical (unpaired) electrons. The smallest absolute Gasteiger partial charge is 0.410 e. The van der Waals surface area contributed by atoms with E-state index in [2.05, 4.69) is 0 Å². The third kappa shape index (κ3) is 2.84. The van der Waals surface area contributed by atoms with Crippen LogP contribution in [0.15, 0.2) is 18.2 Å². The Bertz CT molecular complexity index is 538. The highest BCUT2D eigenvalue weighted by molar-refractivity contribution is 5.69. The van der Waals surface area contributed by atoms with E-state index in [1.807, 2.05) is 0 Å². The Balaban J connectivity index is 2.29. The number of amides is 1. The minimum atomic E-state index is -3.17. The Morgan fingerprint density at radius 3 is 2.65 bits per heavy atom. The molecule has 2 N–H and O–H groups in total. The molecule has 1 heterocycles. The SMILES string of the molecule is CC(C)(C)OC(=O)N1Cc2cccc(N)c2C(F)(F)C1. The summed E-state index contributed by atoms with van der Waals surface area (Å²) < 4.78 is 33.5. The molecule has 1 aliphatic rings. The number of carbonyl (C=O) groups is 1. The molecular formula is C14H18F2N2O2. The summed E-state index contributed by atoms with van der Waals surface area (Å²) in [5, 5.41) is 0. The van der Waals surface area contributed by atoms with Crippen molar-refractivity contribution < 1.29 is 18.3 Å². The molecule has 110 valence electrons. The number of fused-ring (bicyclic) bond motifs is 1. The van der Waals surface area contributed by atoms with Gasteiger partial charge in [0.2, 0.25) is 0 Å². The topological polar surface area (TPSA) is 55.6 Å². The standard InChI is InChI=1S/C14H18F2N2O2/c1-13(2,3)20-12(19)18-7-9-5-4-6-10(17)11(9)14(15,16)8-18/h4-6H,7-8,17H2,1-3H3. The van der Waals surface area contributed by atoms with Crippen LogP contribution in [0.3, 0.4) is 0 Å². The zero-order chi connectivity index (χ0) is 15.1. The van der Waals surface area contributed by atoms with E-state index in [-0.39, 0.29) is 17.8 Å². The first-order valence-corrected chi connectivity index (χ1v) is 6.34. The summed E-state index contributed by atoms with van der Waals surface area (Å²) >= 11 is 0. The largest absolute Gasteiger partial charge is 0.444 e. The van der Waals surface area contributed by atoms with Gasteiger partial charge in [-0.15, -0.1) is 0 Å². The average Bonchev–Trinajstić information content (AvgIpc) is 2.24. The van der Waals surface area contributed by atoms with Crippen LogP contribution in [0.25, 0.3) is 0 Å². The van der Waals surface area contributed by atoms with Gasteiger partial charge in [0.15, 0.2) is 0 Å². The number of nitrogens with two attached hydrogens (primary N) is 1. The van der Waals surface area contributed by atoms with Gasteiger partial charge in [-0.1, -0.05) is 12.1 Å². The van der Waals surface area contributed by atoms with Crippen molar-refractivity contribution in [3.05, 3.63) is 29.3 Å². The molecule has 4 nitrogen and oxygen atoms in total. The molecule has 0 aromatic heterocycles. The van der Waals surface area contributed by atoms with Gasteiger partial charge in [-0.2, -0.15) is 8.78 Å². The van der Waals surface area contributed by atoms with Gasteiger partial charge in [-0.3, -0.25) is 4.90 Å². The van der Waals surface area contributed by atoms with E-state index >= 15 is 0 Å². The molecule has 0 atom stereocenters. The quantitative estimate of drug-likeness (QED) is 0.745. The van der Waals surface area contributed by atoms with Crippen LogP contribution in [0.4, 0.5) is 19.3 Å². The van der Waals surface area contributed by atoms with E-state index in [9.17, 15) is 13.6 Å². The first-order chi connectivity index (χ1) is 9.10. The fourth-order valence-electron chi connectivity index (χ4n) is 2.23. The van der Waals surface area contributed by atoms with Crippen molar-refractivity contribution in [2.24, 2.45) is 0 Å². The summed E-state index contributed by atoms with van der Waals surface area (Å²) in [4.78, 5) is 12.9. The molecular weight excluding hydrogens is 266 g/mol. The lowest BCUT2D eigenvalue weighted by Gasteiger charge is -2.35. The zero-order valence-corrected chi connectivity index (χ0v) is 11.7. The van der Waals surface area contributed by atoms with Crippen LogP contribution in [-0.4, -0.2) is 23.1 Å².